The van der Waals surface area contributed by atoms with Crippen LogP contribution in [-0.2, 0) is 5.67 Å². The number of hydrogen-bond acceptors (Lipinski definition) is 1. The first-order valence-corrected chi connectivity index (χ1v) is 8.18. The van der Waals surface area contributed by atoms with Crippen LogP contribution in [0.3, 0.4) is 0 Å². The molecule has 0 bridgehead atoms. The molecule has 1 amide bonds. The molecule has 0 saturated carbocycles. The van der Waals surface area contributed by atoms with Crippen molar-refractivity contribution >= 4 is 5.91 Å². The molecule has 2 aromatic carbocycles. The molecular formula is C19H14F9NO. The third-order valence-corrected chi connectivity index (χ3v) is 4.57. The van der Waals surface area contributed by atoms with E-state index < -0.39 is 35.4 Å². The molecule has 2 rings (SSSR count). The van der Waals surface area contributed by atoms with Gasteiger partial charge in [0.2, 0.25) is 5.91 Å². The molecule has 1 unspecified atom stereocenters. The molecule has 164 valence electrons. The number of amides is 1. The Morgan fingerprint density at radius 2 is 1.27 bits per heavy atom. The van der Waals surface area contributed by atoms with Gasteiger partial charge >= 0.3 is 23.9 Å². The summed E-state index contributed by atoms with van der Waals surface area (Å²) in [6.45, 7) is 2.18. The van der Waals surface area contributed by atoms with Gasteiger partial charge in [-0.1, -0.05) is 30.3 Å². The monoisotopic (exact) mass is 443 g/mol. The maximum absolute atomic E-state index is 14.7. The smallest absolute Gasteiger partial charge is 0.366 e. The van der Waals surface area contributed by atoms with Gasteiger partial charge in [0.1, 0.15) is 0 Å². The van der Waals surface area contributed by atoms with E-state index in [1.54, 1.807) is 0 Å². The van der Waals surface area contributed by atoms with Gasteiger partial charge < -0.3 is 5.73 Å². The summed E-state index contributed by atoms with van der Waals surface area (Å²) in [5, 5.41) is 0. The van der Waals surface area contributed by atoms with Crippen molar-refractivity contribution in [3.63, 3.8) is 0 Å². The number of rotatable bonds is 4. The van der Waals surface area contributed by atoms with E-state index in [0.29, 0.717) is 0 Å². The van der Waals surface area contributed by atoms with Crippen molar-refractivity contribution in [2.45, 2.75) is 37.8 Å². The van der Waals surface area contributed by atoms with Gasteiger partial charge in [0.05, 0.1) is 0 Å². The van der Waals surface area contributed by atoms with E-state index in [4.69, 9.17) is 5.73 Å². The molecule has 11 heteroatoms. The maximum Gasteiger partial charge on any atom is 0.457 e. The summed E-state index contributed by atoms with van der Waals surface area (Å²) in [7, 11) is 0. The number of hydrogen-bond donors (Lipinski definition) is 1. The van der Waals surface area contributed by atoms with Gasteiger partial charge in [-0.15, -0.1) is 0 Å². The third-order valence-electron chi connectivity index (χ3n) is 4.57. The van der Waals surface area contributed by atoms with E-state index in [2.05, 4.69) is 0 Å². The Balaban J connectivity index is 2.84. The van der Waals surface area contributed by atoms with Gasteiger partial charge in [-0.2, -0.15) is 35.1 Å². The second-order valence-electron chi connectivity index (χ2n) is 6.62. The standard InChI is InChI=1S/C19H14F9NO/c1-9-7-11(16(20,18(23,24)25)17(21,22)19(26,27)28)8-10(2)14(9)12-5-3-4-6-13(12)15(29)30/h3-8H,1-2H3,(H2,29,30). The molecule has 0 spiro atoms. The first kappa shape index (κ1) is 23.6. The summed E-state index contributed by atoms with van der Waals surface area (Å²) in [6.07, 6.45) is -13.4. The quantitative estimate of drug-likeness (QED) is 0.580. The van der Waals surface area contributed by atoms with Gasteiger partial charge in [-0.3, -0.25) is 4.79 Å². The Kier molecular flexibility index (Phi) is 5.66. The molecule has 2 nitrogen and oxygen atoms in total. The van der Waals surface area contributed by atoms with Gasteiger partial charge in [0.25, 0.3) is 0 Å². The molecule has 0 saturated heterocycles. The van der Waals surface area contributed by atoms with Crippen LogP contribution in [0.5, 0.6) is 0 Å². The molecule has 0 heterocycles. The SMILES string of the molecule is Cc1cc(C(F)(C(F)(F)F)C(F)(F)C(F)(F)F)cc(C)c1-c1ccccc1C(N)=O. The van der Waals surface area contributed by atoms with Crippen molar-refractivity contribution in [1.29, 1.82) is 0 Å². The molecule has 0 radical (unpaired) electrons. The van der Waals surface area contributed by atoms with Gasteiger partial charge in [-0.05, 0) is 42.2 Å². The third kappa shape index (κ3) is 3.50. The Morgan fingerprint density at radius 1 is 0.800 bits per heavy atom. The summed E-state index contributed by atoms with van der Waals surface area (Å²) in [4.78, 5) is 11.6. The minimum atomic E-state index is -6.81. The van der Waals surface area contributed by atoms with Crippen LogP contribution in [0.25, 0.3) is 11.1 Å². The molecule has 0 aliphatic rings. The zero-order chi connectivity index (χ0) is 23.3. The highest BCUT2D eigenvalue weighted by Crippen LogP contribution is 2.58. The Labute approximate surface area is 164 Å². The molecule has 0 aromatic heterocycles. The number of alkyl halides is 9. The zero-order valence-electron chi connectivity index (χ0n) is 15.4. The number of benzene rings is 2. The summed E-state index contributed by atoms with van der Waals surface area (Å²) in [6, 6.07) is 6.04. The number of primary amides is 1. The molecule has 0 aliphatic carbocycles. The highest BCUT2D eigenvalue weighted by molar-refractivity contribution is 6.00. The molecule has 0 fully saturated rings. The predicted octanol–water partition coefficient (Wildman–Crippen LogP) is 5.99. The number of carbonyl (C=O) groups is 1. The van der Waals surface area contributed by atoms with Crippen molar-refractivity contribution in [2.75, 3.05) is 0 Å². The zero-order valence-corrected chi connectivity index (χ0v) is 15.4. The molecule has 30 heavy (non-hydrogen) atoms. The lowest BCUT2D eigenvalue weighted by Gasteiger charge is -2.36. The van der Waals surface area contributed by atoms with E-state index in [1.165, 1.54) is 24.3 Å². The lowest BCUT2D eigenvalue weighted by Crippen LogP contribution is -2.59. The number of aryl methyl sites for hydroxylation is 2. The maximum atomic E-state index is 14.7. The molecule has 1 atom stereocenters. The van der Waals surface area contributed by atoms with Crippen molar-refractivity contribution in [3.05, 3.63) is 58.7 Å². The molecular weight excluding hydrogens is 429 g/mol. The van der Waals surface area contributed by atoms with E-state index >= 15 is 0 Å². The molecule has 2 aromatic rings. The van der Waals surface area contributed by atoms with E-state index in [1.807, 2.05) is 0 Å². The summed E-state index contributed by atoms with van der Waals surface area (Å²) < 4.78 is 120. The second-order valence-corrected chi connectivity index (χ2v) is 6.62. The first-order chi connectivity index (χ1) is 13.5. The first-order valence-electron chi connectivity index (χ1n) is 8.18. The molecule has 0 aliphatic heterocycles. The van der Waals surface area contributed by atoms with Crippen LogP contribution < -0.4 is 5.73 Å². The van der Waals surface area contributed by atoms with Crippen molar-refractivity contribution in [3.8, 4) is 11.1 Å². The normalized spacial score (nSPS) is 15.0. The fraction of sp³-hybridized carbons (Fsp3) is 0.316. The Bertz CT molecular complexity index is 956. The van der Waals surface area contributed by atoms with Crippen molar-refractivity contribution in [1.82, 2.24) is 0 Å². The molecule has 2 N–H and O–H groups in total. The van der Waals surface area contributed by atoms with Crippen molar-refractivity contribution in [2.24, 2.45) is 5.73 Å². The topological polar surface area (TPSA) is 43.1 Å². The highest BCUT2D eigenvalue weighted by Gasteiger charge is 2.81. The van der Waals surface area contributed by atoms with E-state index in [9.17, 15) is 44.3 Å². The average Bonchev–Trinajstić information content (AvgIpc) is 2.58. The van der Waals surface area contributed by atoms with Crippen LogP contribution >= 0.6 is 0 Å². The lowest BCUT2D eigenvalue weighted by atomic mass is 9.82. The number of nitrogens with two attached hydrogens (primary N) is 1. The average molecular weight is 443 g/mol. The summed E-state index contributed by atoms with van der Waals surface area (Å²) in [5.74, 6) is -7.67. The van der Waals surface area contributed by atoms with Crippen LogP contribution in [0.1, 0.15) is 27.0 Å². The Hall–Kier alpha value is -2.72. The van der Waals surface area contributed by atoms with Gasteiger partial charge in [0.15, 0.2) is 0 Å². The van der Waals surface area contributed by atoms with E-state index in [-0.39, 0.29) is 39.9 Å². The van der Waals surface area contributed by atoms with Crippen LogP contribution in [-0.4, -0.2) is 24.2 Å². The van der Waals surface area contributed by atoms with Crippen LogP contribution in [0.4, 0.5) is 39.5 Å². The number of halogens is 9. The van der Waals surface area contributed by atoms with Crippen molar-refractivity contribution < 1.29 is 44.3 Å². The minimum absolute atomic E-state index is 0.0491. The number of carbonyl (C=O) groups excluding carboxylic acids is 1. The van der Waals surface area contributed by atoms with Crippen LogP contribution in [0.2, 0.25) is 0 Å². The largest absolute Gasteiger partial charge is 0.457 e. The van der Waals surface area contributed by atoms with Crippen LogP contribution in [0.15, 0.2) is 36.4 Å². The van der Waals surface area contributed by atoms with Gasteiger partial charge in [-0.25, -0.2) is 4.39 Å². The summed E-state index contributed by atoms with van der Waals surface area (Å²) >= 11 is 0. The Morgan fingerprint density at radius 3 is 1.67 bits per heavy atom. The fourth-order valence-electron chi connectivity index (χ4n) is 3.22. The minimum Gasteiger partial charge on any atom is -0.366 e. The highest BCUT2D eigenvalue weighted by atomic mass is 19.4. The lowest BCUT2D eigenvalue weighted by molar-refractivity contribution is -0.389. The fourth-order valence-corrected chi connectivity index (χ4v) is 3.22. The predicted molar refractivity (Wildman–Crippen MR) is 89.7 cm³/mol. The van der Waals surface area contributed by atoms with Gasteiger partial charge in [0, 0.05) is 11.1 Å². The van der Waals surface area contributed by atoms with E-state index in [0.717, 1.165) is 13.8 Å². The second kappa shape index (κ2) is 7.21. The van der Waals surface area contributed by atoms with Crippen LogP contribution in [0, 0.1) is 13.8 Å². The summed E-state index contributed by atoms with van der Waals surface area (Å²) in [5.41, 5.74) is -3.14.